The lowest BCUT2D eigenvalue weighted by Crippen LogP contribution is -2.43. The molecule has 1 aliphatic carbocycles. The molecular weight excluding hydrogens is 214 g/mol. The van der Waals surface area contributed by atoms with Crippen molar-refractivity contribution in [1.29, 1.82) is 0 Å². The van der Waals surface area contributed by atoms with Crippen molar-refractivity contribution in [2.45, 2.75) is 52.6 Å². The van der Waals surface area contributed by atoms with Gasteiger partial charge < -0.3 is 0 Å². The molecule has 1 heterocycles. The lowest BCUT2D eigenvalue weighted by molar-refractivity contribution is 0.344. The molecule has 0 radical (unpaired) electrons. The minimum atomic E-state index is 0.303. The van der Waals surface area contributed by atoms with Crippen molar-refractivity contribution in [2.75, 3.05) is 0 Å². The van der Waals surface area contributed by atoms with Gasteiger partial charge in [0.1, 0.15) is 12.2 Å². The number of hydrogen-bond donors (Lipinski definition) is 2. The summed E-state index contributed by atoms with van der Waals surface area (Å²) in [4.78, 5) is 4.35. The molecular formula is C12H23N5. The zero-order chi connectivity index (χ0) is 12.5. The van der Waals surface area contributed by atoms with Crippen LogP contribution in [0.5, 0.6) is 0 Å². The molecule has 5 heteroatoms. The van der Waals surface area contributed by atoms with E-state index in [1.54, 1.807) is 6.33 Å². The molecule has 1 fully saturated rings. The fourth-order valence-electron chi connectivity index (χ4n) is 2.18. The Labute approximate surface area is 103 Å². The van der Waals surface area contributed by atoms with Crippen LogP contribution in [0.4, 0.5) is 0 Å². The van der Waals surface area contributed by atoms with Gasteiger partial charge in [-0.05, 0) is 24.2 Å². The van der Waals surface area contributed by atoms with E-state index in [0.717, 1.165) is 18.8 Å². The van der Waals surface area contributed by atoms with Crippen molar-refractivity contribution in [1.82, 2.24) is 20.2 Å². The van der Waals surface area contributed by atoms with Crippen molar-refractivity contribution >= 4 is 0 Å². The number of nitrogens with two attached hydrogens (primary N) is 1. The lowest BCUT2D eigenvalue weighted by atomic mass is 9.96. The molecule has 96 valence electrons. The molecule has 1 atom stereocenters. The van der Waals surface area contributed by atoms with Gasteiger partial charge in [-0.1, -0.05) is 20.8 Å². The second kappa shape index (κ2) is 4.74. The highest BCUT2D eigenvalue weighted by Gasteiger charge is 2.44. The van der Waals surface area contributed by atoms with Crippen molar-refractivity contribution in [3.63, 3.8) is 0 Å². The van der Waals surface area contributed by atoms with Gasteiger partial charge in [0.05, 0.1) is 0 Å². The van der Waals surface area contributed by atoms with Crippen molar-refractivity contribution in [3.05, 3.63) is 12.2 Å². The van der Waals surface area contributed by atoms with Crippen LogP contribution in [0, 0.1) is 11.3 Å². The molecule has 1 aliphatic rings. The number of aromatic nitrogens is 3. The summed E-state index contributed by atoms with van der Waals surface area (Å²) in [6.45, 7) is 7.57. The molecule has 0 spiro atoms. The highest BCUT2D eigenvalue weighted by Crippen LogP contribution is 2.48. The van der Waals surface area contributed by atoms with Gasteiger partial charge in [0.15, 0.2) is 0 Å². The smallest absolute Gasteiger partial charge is 0.138 e. The minimum Gasteiger partial charge on any atom is -0.271 e. The molecule has 1 aromatic rings. The van der Waals surface area contributed by atoms with E-state index < -0.39 is 0 Å². The Kier molecular flexibility index (Phi) is 3.49. The second-order valence-corrected chi connectivity index (χ2v) is 5.83. The van der Waals surface area contributed by atoms with E-state index in [-0.39, 0.29) is 0 Å². The van der Waals surface area contributed by atoms with Gasteiger partial charge in [-0.15, -0.1) is 0 Å². The molecule has 0 saturated heterocycles. The summed E-state index contributed by atoms with van der Waals surface area (Å²) in [7, 11) is 0. The summed E-state index contributed by atoms with van der Waals surface area (Å²) in [5.41, 5.74) is 3.29. The Morgan fingerprint density at radius 1 is 1.53 bits per heavy atom. The van der Waals surface area contributed by atoms with Gasteiger partial charge in [0.2, 0.25) is 0 Å². The topological polar surface area (TPSA) is 68.8 Å². The highest BCUT2D eigenvalue weighted by molar-refractivity contribution is 5.03. The molecule has 0 aromatic carbocycles. The number of nitrogens with zero attached hydrogens (tertiary/aromatic N) is 3. The van der Waals surface area contributed by atoms with E-state index in [1.165, 1.54) is 12.8 Å². The van der Waals surface area contributed by atoms with Crippen LogP contribution in [-0.4, -0.2) is 20.8 Å². The van der Waals surface area contributed by atoms with Crippen molar-refractivity contribution < 1.29 is 0 Å². The summed E-state index contributed by atoms with van der Waals surface area (Å²) >= 11 is 0. The second-order valence-electron chi connectivity index (χ2n) is 5.83. The fourth-order valence-corrected chi connectivity index (χ4v) is 2.18. The first-order valence-corrected chi connectivity index (χ1v) is 6.38. The van der Waals surface area contributed by atoms with Gasteiger partial charge >= 0.3 is 0 Å². The summed E-state index contributed by atoms with van der Waals surface area (Å²) in [5, 5.41) is 4.28. The first kappa shape index (κ1) is 12.5. The molecule has 1 unspecified atom stereocenters. The monoisotopic (exact) mass is 237 g/mol. The molecule has 1 saturated carbocycles. The Bertz CT molecular complexity index is 367. The lowest BCUT2D eigenvalue weighted by Gasteiger charge is -2.22. The van der Waals surface area contributed by atoms with Crippen LogP contribution >= 0.6 is 0 Å². The zero-order valence-electron chi connectivity index (χ0n) is 11.0. The van der Waals surface area contributed by atoms with Crippen LogP contribution in [0.3, 0.4) is 0 Å². The van der Waals surface area contributed by atoms with Crippen molar-refractivity contribution in [3.8, 4) is 0 Å². The molecule has 17 heavy (non-hydrogen) atoms. The number of rotatable bonds is 6. The molecule has 1 aromatic heterocycles. The molecule has 5 nitrogen and oxygen atoms in total. The molecule has 0 aliphatic heterocycles. The summed E-state index contributed by atoms with van der Waals surface area (Å²) < 4.78 is 2.00. The number of hydrazine groups is 1. The maximum absolute atomic E-state index is 5.66. The van der Waals surface area contributed by atoms with Crippen LogP contribution < -0.4 is 11.3 Å². The normalized spacial score (nSPS) is 19.6. The molecule has 3 N–H and O–H groups in total. The van der Waals surface area contributed by atoms with Gasteiger partial charge in [0.25, 0.3) is 0 Å². The first-order chi connectivity index (χ1) is 8.05. The van der Waals surface area contributed by atoms with Gasteiger partial charge in [-0.2, -0.15) is 5.10 Å². The van der Waals surface area contributed by atoms with Crippen LogP contribution in [0.2, 0.25) is 0 Å². The average Bonchev–Trinajstić information content (AvgIpc) is 2.86. The maximum atomic E-state index is 5.66. The van der Waals surface area contributed by atoms with Gasteiger partial charge in [0, 0.05) is 19.0 Å². The van der Waals surface area contributed by atoms with E-state index >= 15 is 0 Å². The Hall–Kier alpha value is -0.940. The standard InChI is InChI=1S/C12H23N5/c1-9(2)7-17-11(14-8-15-17)6-10(16-13)12(3)4-5-12/h8-10,16H,4-7,13H2,1-3H3. The zero-order valence-corrected chi connectivity index (χ0v) is 11.0. The molecule has 0 bridgehead atoms. The third kappa shape index (κ3) is 2.84. The molecule has 0 amide bonds. The third-order valence-electron chi connectivity index (χ3n) is 3.70. The number of hydrogen-bond acceptors (Lipinski definition) is 4. The molecule has 2 rings (SSSR count). The van der Waals surface area contributed by atoms with Gasteiger partial charge in [-0.3, -0.25) is 11.3 Å². The SMILES string of the molecule is CC(C)Cn1ncnc1CC(NN)C1(C)CC1. The predicted molar refractivity (Wildman–Crippen MR) is 67.0 cm³/mol. The minimum absolute atomic E-state index is 0.303. The van der Waals surface area contributed by atoms with E-state index in [2.05, 4.69) is 36.3 Å². The van der Waals surface area contributed by atoms with E-state index in [4.69, 9.17) is 5.84 Å². The third-order valence-corrected chi connectivity index (χ3v) is 3.70. The first-order valence-electron chi connectivity index (χ1n) is 6.38. The van der Waals surface area contributed by atoms with E-state index in [9.17, 15) is 0 Å². The van der Waals surface area contributed by atoms with Crippen LogP contribution in [-0.2, 0) is 13.0 Å². The highest BCUT2D eigenvalue weighted by atomic mass is 15.3. The predicted octanol–water partition coefficient (Wildman–Crippen LogP) is 1.11. The van der Waals surface area contributed by atoms with E-state index in [0.29, 0.717) is 17.4 Å². The summed E-state index contributed by atoms with van der Waals surface area (Å²) in [5.74, 6) is 7.28. The average molecular weight is 237 g/mol. The van der Waals surface area contributed by atoms with E-state index in [1.807, 2.05) is 4.68 Å². The van der Waals surface area contributed by atoms with Crippen LogP contribution in [0.15, 0.2) is 6.33 Å². The Morgan fingerprint density at radius 3 is 2.76 bits per heavy atom. The fraction of sp³-hybridized carbons (Fsp3) is 0.833. The van der Waals surface area contributed by atoms with Gasteiger partial charge in [-0.25, -0.2) is 9.67 Å². The van der Waals surface area contributed by atoms with Crippen LogP contribution in [0.25, 0.3) is 0 Å². The Balaban J connectivity index is 2.04. The summed E-state index contributed by atoms with van der Waals surface area (Å²) in [6.07, 6.45) is 5.00. The van der Waals surface area contributed by atoms with Crippen molar-refractivity contribution in [2.24, 2.45) is 17.2 Å². The maximum Gasteiger partial charge on any atom is 0.138 e. The quantitative estimate of drug-likeness (QED) is 0.574. The Morgan fingerprint density at radius 2 is 2.24 bits per heavy atom. The number of nitrogens with one attached hydrogen (secondary N) is 1. The van der Waals surface area contributed by atoms with Crippen LogP contribution in [0.1, 0.15) is 39.4 Å². The largest absolute Gasteiger partial charge is 0.271 e. The summed E-state index contributed by atoms with van der Waals surface area (Å²) in [6, 6.07) is 0.303.